The largest absolute Gasteiger partial charge is 0.334 e. The van der Waals surface area contributed by atoms with Gasteiger partial charge in [-0.3, -0.25) is 0 Å². The third-order valence-corrected chi connectivity index (χ3v) is 6.00. The van der Waals surface area contributed by atoms with Gasteiger partial charge in [-0.25, -0.2) is 17.8 Å². The van der Waals surface area contributed by atoms with Gasteiger partial charge in [0.25, 0.3) is 10.0 Å². The molecule has 0 amide bonds. The Balaban J connectivity index is 1.79. The summed E-state index contributed by atoms with van der Waals surface area (Å²) in [5.74, 6) is -0.271. The standard InChI is InChI=1S/C16H20FN3O2S/c1-12(2)19-10-16(18-11-19)23(21,22)20-7-6-14(9-20)13-4-3-5-15(17)8-13/h3-5,8,10-12,14H,6-7,9H2,1-2H3/t14-/m1/s1. The van der Waals surface area contributed by atoms with Crippen molar-refractivity contribution in [3.8, 4) is 0 Å². The molecule has 1 saturated heterocycles. The molecule has 2 heterocycles. The van der Waals surface area contributed by atoms with E-state index in [0.29, 0.717) is 19.5 Å². The molecule has 0 unspecified atom stereocenters. The highest BCUT2D eigenvalue weighted by Crippen LogP contribution is 2.31. The summed E-state index contributed by atoms with van der Waals surface area (Å²) in [6.45, 7) is 4.72. The number of sulfonamides is 1. The van der Waals surface area contributed by atoms with Crippen molar-refractivity contribution >= 4 is 10.0 Å². The van der Waals surface area contributed by atoms with Crippen molar-refractivity contribution in [2.45, 2.75) is 37.3 Å². The monoisotopic (exact) mass is 337 g/mol. The van der Waals surface area contributed by atoms with Crippen LogP contribution in [-0.4, -0.2) is 35.4 Å². The van der Waals surface area contributed by atoms with Gasteiger partial charge in [0, 0.05) is 25.3 Å². The summed E-state index contributed by atoms with van der Waals surface area (Å²) in [5.41, 5.74) is 0.843. The van der Waals surface area contributed by atoms with E-state index in [2.05, 4.69) is 4.98 Å². The number of halogens is 1. The minimum absolute atomic E-state index is 0.0210. The van der Waals surface area contributed by atoms with E-state index < -0.39 is 10.0 Å². The van der Waals surface area contributed by atoms with Crippen LogP contribution < -0.4 is 0 Å². The fourth-order valence-electron chi connectivity index (χ4n) is 2.84. The summed E-state index contributed by atoms with van der Waals surface area (Å²) in [4.78, 5) is 4.04. The van der Waals surface area contributed by atoms with Crippen molar-refractivity contribution in [1.29, 1.82) is 0 Å². The predicted octanol–water partition coefficient (Wildman–Crippen LogP) is 2.78. The quantitative estimate of drug-likeness (QED) is 0.862. The van der Waals surface area contributed by atoms with Gasteiger partial charge in [0.15, 0.2) is 5.03 Å². The predicted molar refractivity (Wildman–Crippen MR) is 85.1 cm³/mol. The van der Waals surface area contributed by atoms with Crippen LogP contribution in [0.15, 0.2) is 41.8 Å². The normalized spacial score (nSPS) is 19.6. The third-order valence-electron chi connectivity index (χ3n) is 4.25. The highest BCUT2D eigenvalue weighted by atomic mass is 32.2. The first kappa shape index (κ1) is 16.1. The molecule has 1 aromatic carbocycles. The molecule has 0 saturated carbocycles. The van der Waals surface area contributed by atoms with Crippen LogP contribution in [0.25, 0.3) is 0 Å². The topological polar surface area (TPSA) is 55.2 Å². The molecule has 0 radical (unpaired) electrons. The molecular formula is C16H20FN3O2S. The Bertz CT molecular complexity index is 801. The number of benzene rings is 1. The molecule has 7 heteroatoms. The molecule has 124 valence electrons. The van der Waals surface area contributed by atoms with Gasteiger partial charge in [-0.05, 0) is 43.9 Å². The van der Waals surface area contributed by atoms with E-state index in [-0.39, 0.29) is 22.8 Å². The van der Waals surface area contributed by atoms with Crippen LogP contribution in [0.5, 0.6) is 0 Å². The third kappa shape index (κ3) is 3.16. The van der Waals surface area contributed by atoms with Gasteiger partial charge in [0.2, 0.25) is 0 Å². The van der Waals surface area contributed by atoms with Gasteiger partial charge < -0.3 is 4.57 Å². The lowest BCUT2D eigenvalue weighted by Gasteiger charge is -2.15. The van der Waals surface area contributed by atoms with Crippen LogP contribution in [0.2, 0.25) is 0 Å². The first-order valence-corrected chi connectivity index (χ1v) is 9.11. The first-order valence-electron chi connectivity index (χ1n) is 7.67. The molecule has 0 aliphatic carbocycles. The number of hydrogen-bond acceptors (Lipinski definition) is 3. The van der Waals surface area contributed by atoms with Gasteiger partial charge in [-0.2, -0.15) is 4.31 Å². The molecular weight excluding hydrogens is 317 g/mol. The summed E-state index contributed by atoms with van der Waals surface area (Å²) in [6.07, 6.45) is 3.79. The molecule has 1 aromatic heterocycles. The Morgan fingerprint density at radius 3 is 2.78 bits per heavy atom. The second-order valence-electron chi connectivity index (χ2n) is 6.16. The van der Waals surface area contributed by atoms with Gasteiger partial charge in [-0.15, -0.1) is 0 Å². The van der Waals surface area contributed by atoms with E-state index in [1.54, 1.807) is 16.8 Å². The smallest absolute Gasteiger partial charge is 0.262 e. The lowest BCUT2D eigenvalue weighted by Crippen LogP contribution is -2.29. The zero-order valence-electron chi connectivity index (χ0n) is 13.2. The lowest BCUT2D eigenvalue weighted by atomic mass is 9.99. The van der Waals surface area contributed by atoms with Gasteiger partial charge >= 0.3 is 0 Å². The maximum Gasteiger partial charge on any atom is 0.262 e. The number of rotatable bonds is 4. The van der Waals surface area contributed by atoms with Crippen LogP contribution in [0.3, 0.4) is 0 Å². The van der Waals surface area contributed by atoms with Crippen LogP contribution in [0.1, 0.15) is 37.8 Å². The average molecular weight is 337 g/mol. The Morgan fingerprint density at radius 1 is 1.35 bits per heavy atom. The second-order valence-corrected chi connectivity index (χ2v) is 8.04. The maximum atomic E-state index is 13.4. The Labute approximate surface area is 135 Å². The number of imidazole rings is 1. The Morgan fingerprint density at radius 2 is 2.13 bits per heavy atom. The van der Waals surface area contributed by atoms with Crippen molar-refractivity contribution in [2.75, 3.05) is 13.1 Å². The van der Waals surface area contributed by atoms with E-state index in [1.165, 1.54) is 22.8 Å². The summed E-state index contributed by atoms with van der Waals surface area (Å²) >= 11 is 0. The molecule has 0 N–H and O–H groups in total. The van der Waals surface area contributed by atoms with Crippen molar-refractivity contribution in [3.63, 3.8) is 0 Å². The molecule has 2 aromatic rings. The summed E-state index contributed by atoms with van der Waals surface area (Å²) in [6, 6.07) is 6.54. The van der Waals surface area contributed by atoms with Crippen LogP contribution in [0.4, 0.5) is 4.39 Å². The van der Waals surface area contributed by atoms with Crippen LogP contribution in [-0.2, 0) is 10.0 Å². The number of nitrogens with zero attached hydrogens (tertiary/aromatic N) is 3. The molecule has 5 nitrogen and oxygen atoms in total. The second kappa shape index (κ2) is 6.05. The summed E-state index contributed by atoms with van der Waals surface area (Å²) in [7, 11) is -3.59. The Hall–Kier alpha value is -1.73. The molecule has 1 atom stereocenters. The highest BCUT2D eigenvalue weighted by molar-refractivity contribution is 7.89. The summed E-state index contributed by atoms with van der Waals surface area (Å²) < 4.78 is 41.9. The first-order chi connectivity index (χ1) is 10.9. The Kier molecular flexibility index (Phi) is 4.25. The molecule has 0 spiro atoms. The molecule has 23 heavy (non-hydrogen) atoms. The van der Waals surface area contributed by atoms with E-state index in [9.17, 15) is 12.8 Å². The highest BCUT2D eigenvalue weighted by Gasteiger charge is 2.34. The van der Waals surface area contributed by atoms with Gasteiger partial charge in [0.1, 0.15) is 5.82 Å². The zero-order valence-corrected chi connectivity index (χ0v) is 14.0. The fourth-order valence-corrected chi connectivity index (χ4v) is 4.27. The fraction of sp³-hybridized carbons (Fsp3) is 0.438. The lowest BCUT2D eigenvalue weighted by molar-refractivity contribution is 0.470. The number of hydrogen-bond donors (Lipinski definition) is 0. The van der Waals surface area contributed by atoms with Crippen LogP contribution in [0, 0.1) is 5.82 Å². The molecule has 3 rings (SSSR count). The van der Waals surface area contributed by atoms with E-state index in [4.69, 9.17) is 0 Å². The van der Waals surface area contributed by atoms with Gasteiger partial charge in [-0.1, -0.05) is 12.1 Å². The van der Waals surface area contributed by atoms with Crippen LogP contribution >= 0.6 is 0 Å². The van der Waals surface area contributed by atoms with Crippen molar-refractivity contribution in [2.24, 2.45) is 0 Å². The van der Waals surface area contributed by atoms with E-state index in [0.717, 1.165) is 5.56 Å². The van der Waals surface area contributed by atoms with Gasteiger partial charge in [0.05, 0.1) is 6.33 Å². The van der Waals surface area contributed by atoms with E-state index >= 15 is 0 Å². The molecule has 1 aliphatic heterocycles. The SMILES string of the molecule is CC(C)n1cnc(S(=O)(=O)N2CC[C@@H](c3cccc(F)c3)C2)c1. The average Bonchev–Trinajstić information content (AvgIpc) is 3.17. The van der Waals surface area contributed by atoms with Crippen molar-refractivity contribution < 1.29 is 12.8 Å². The van der Waals surface area contributed by atoms with Crippen molar-refractivity contribution in [3.05, 3.63) is 48.2 Å². The zero-order chi connectivity index (χ0) is 16.6. The number of aromatic nitrogens is 2. The minimum atomic E-state index is -3.59. The molecule has 0 bridgehead atoms. The molecule has 1 fully saturated rings. The minimum Gasteiger partial charge on any atom is -0.334 e. The van der Waals surface area contributed by atoms with Crippen molar-refractivity contribution in [1.82, 2.24) is 13.9 Å². The molecule has 1 aliphatic rings. The van der Waals surface area contributed by atoms with E-state index in [1.807, 2.05) is 19.9 Å². The maximum absolute atomic E-state index is 13.4. The summed E-state index contributed by atoms with van der Waals surface area (Å²) in [5, 5.41) is 0.0751.